The standard InChI is InChI=1S/C10H17N3/c1-10-11-4-7-13(10)9-8-12-5-2-3-6-12/h4,7H,2-3,5-6,8-9H2,1H3. The highest BCUT2D eigenvalue weighted by Gasteiger charge is 2.10. The first-order valence-corrected chi connectivity index (χ1v) is 5.06. The second-order valence-corrected chi connectivity index (χ2v) is 3.72. The quantitative estimate of drug-likeness (QED) is 0.697. The molecule has 2 rings (SSSR count). The fourth-order valence-corrected chi connectivity index (χ4v) is 1.90. The Labute approximate surface area is 79.4 Å². The monoisotopic (exact) mass is 179 g/mol. The average molecular weight is 179 g/mol. The van der Waals surface area contributed by atoms with Crippen LogP contribution in [0, 0.1) is 6.92 Å². The van der Waals surface area contributed by atoms with Gasteiger partial charge in [0.2, 0.25) is 0 Å². The van der Waals surface area contributed by atoms with Crippen molar-refractivity contribution in [1.82, 2.24) is 14.5 Å². The van der Waals surface area contributed by atoms with Crippen LogP contribution in [0.5, 0.6) is 0 Å². The van der Waals surface area contributed by atoms with E-state index >= 15 is 0 Å². The molecule has 0 aliphatic carbocycles. The predicted octanol–water partition coefficient (Wildman–Crippen LogP) is 1.29. The summed E-state index contributed by atoms with van der Waals surface area (Å²) in [5.74, 6) is 1.12. The van der Waals surface area contributed by atoms with Crippen molar-refractivity contribution < 1.29 is 0 Å². The topological polar surface area (TPSA) is 21.1 Å². The first-order valence-electron chi connectivity index (χ1n) is 5.06. The number of imidazole rings is 1. The first kappa shape index (κ1) is 8.75. The normalized spacial score (nSPS) is 18.2. The summed E-state index contributed by atoms with van der Waals surface area (Å²) in [4.78, 5) is 6.73. The third-order valence-electron chi connectivity index (χ3n) is 2.78. The van der Waals surface area contributed by atoms with Crippen LogP contribution in [-0.4, -0.2) is 34.1 Å². The second-order valence-electron chi connectivity index (χ2n) is 3.72. The Bertz CT molecular complexity index is 261. The van der Waals surface area contributed by atoms with Crippen LogP contribution in [0.3, 0.4) is 0 Å². The molecule has 0 atom stereocenters. The minimum atomic E-state index is 1.09. The fraction of sp³-hybridized carbons (Fsp3) is 0.700. The Morgan fingerprint density at radius 3 is 2.69 bits per heavy atom. The first-order chi connectivity index (χ1) is 6.36. The summed E-state index contributed by atoms with van der Waals surface area (Å²) in [6.45, 7) is 6.90. The van der Waals surface area contributed by atoms with Crippen molar-refractivity contribution in [2.45, 2.75) is 26.3 Å². The highest BCUT2D eigenvalue weighted by Crippen LogP contribution is 2.07. The molecule has 0 N–H and O–H groups in total. The maximum absolute atomic E-state index is 4.21. The lowest BCUT2D eigenvalue weighted by molar-refractivity contribution is 0.321. The summed E-state index contributed by atoms with van der Waals surface area (Å²) in [5.41, 5.74) is 0. The van der Waals surface area contributed by atoms with Crippen molar-refractivity contribution in [3.63, 3.8) is 0 Å². The van der Waals surface area contributed by atoms with E-state index in [9.17, 15) is 0 Å². The minimum Gasteiger partial charge on any atom is -0.334 e. The lowest BCUT2D eigenvalue weighted by atomic mass is 10.4. The minimum absolute atomic E-state index is 1.09. The Morgan fingerprint density at radius 1 is 1.31 bits per heavy atom. The molecule has 3 heteroatoms. The molecule has 0 bridgehead atoms. The number of hydrogen-bond donors (Lipinski definition) is 0. The van der Waals surface area contributed by atoms with Gasteiger partial charge < -0.3 is 9.47 Å². The summed E-state index contributed by atoms with van der Waals surface area (Å²) in [6.07, 6.45) is 6.69. The van der Waals surface area contributed by atoms with Crippen LogP contribution in [0.25, 0.3) is 0 Å². The number of likely N-dealkylation sites (tertiary alicyclic amines) is 1. The van der Waals surface area contributed by atoms with Gasteiger partial charge in [-0.3, -0.25) is 0 Å². The van der Waals surface area contributed by atoms with E-state index in [2.05, 4.69) is 27.6 Å². The summed E-state index contributed by atoms with van der Waals surface area (Å²) in [7, 11) is 0. The Morgan fingerprint density at radius 2 is 2.08 bits per heavy atom. The Balaban J connectivity index is 1.82. The van der Waals surface area contributed by atoms with Gasteiger partial charge in [-0.1, -0.05) is 0 Å². The Kier molecular flexibility index (Phi) is 2.64. The maximum Gasteiger partial charge on any atom is 0.105 e. The van der Waals surface area contributed by atoms with Gasteiger partial charge in [-0.2, -0.15) is 0 Å². The van der Waals surface area contributed by atoms with E-state index in [4.69, 9.17) is 0 Å². The molecule has 0 unspecified atom stereocenters. The Hall–Kier alpha value is -0.830. The summed E-state index contributed by atoms with van der Waals surface area (Å²) >= 11 is 0. The van der Waals surface area contributed by atoms with E-state index in [1.807, 2.05) is 6.20 Å². The van der Waals surface area contributed by atoms with E-state index in [1.165, 1.54) is 32.5 Å². The van der Waals surface area contributed by atoms with Gasteiger partial charge in [-0.05, 0) is 32.9 Å². The van der Waals surface area contributed by atoms with Crippen LogP contribution < -0.4 is 0 Å². The molecule has 0 spiro atoms. The molecule has 0 radical (unpaired) electrons. The molecule has 1 saturated heterocycles. The summed E-state index contributed by atoms with van der Waals surface area (Å²) < 4.78 is 2.22. The summed E-state index contributed by atoms with van der Waals surface area (Å²) in [5, 5.41) is 0. The van der Waals surface area contributed by atoms with Crippen molar-refractivity contribution >= 4 is 0 Å². The van der Waals surface area contributed by atoms with E-state index in [1.54, 1.807) is 0 Å². The predicted molar refractivity (Wildman–Crippen MR) is 52.6 cm³/mol. The third-order valence-corrected chi connectivity index (χ3v) is 2.78. The molecule has 0 aromatic carbocycles. The lowest BCUT2D eigenvalue weighted by Crippen LogP contribution is -2.24. The van der Waals surface area contributed by atoms with Crippen molar-refractivity contribution in [3.05, 3.63) is 18.2 Å². The molecule has 0 saturated carbocycles. The zero-order valence-corrected chi connectivity index (χ0v) is 8.24. The highest BCUT2D eigenvalue weighted by molar-refractivity contribution is 4.88. The third kappa shape index (κ3) is 2.10. The van der Waals surface area contributed by atoms with Crippen molar-refractivity contribution in [2.75, 3.05) is 19.6 Å². The van der Waals surface area contributed by atoms with Crippen LogP contribution in [0.4, 0.5) is 0 Å². The fourth-order valence-electron chi connectivity index (χ4n) is 1.90. The number of nitrogens with zero attached hydrogens (tertiary/aromatic N) is 3. The second kappa shape index (κ2) is 3.92. The smallest absolute Gasteiger partial charge is 0.105 e. The molecule has 1 aliphatic rings. The largest absolute Gasteiger partial charge is 0.334 e. The van der Waals surface area contributed by atoms with Gasteiger partial charge >= 0.3 is 0 Å². The average Bonchev–Trinajstić information content (AvgIpc) is 2.72. The molecule has 3 nitrogen and oxygen atoms in total. The molecule has 72 valence electrons. The number of rotatable bonds is 3. The van der Waals surface area contributed by atoms with Crippen molar-refractivity contribution in [2.24, 2.45) is 0 Å². The van der Waals surface area contributed by atoms with Gasteiger partial charge in [0.05, 0.1) is 0 Å². The molecule has 2 heterocycles. The highest BCUT2D eigenvalue weighted by atomic mass is 15.2. The zero-order chi connectivity index (χ0) is 9.10. The van der Waals surface area contributed by atoms with Gasteiger partial charge in [0.15, 0.2) is 0 Å². The zero-order valence-electron chi connectivity index (χ0n) is 8.24. The molecule has 1 aromatic rings. The van der Waals surface area contributed by atoms with Crippen molar-refractivity contribution in [3.8, 4) is 0 Å². The van der Waals surface area contributed by atoms with E-state index in [0.717, 1.165) is 12.4 Å². The van der Waals surface area contributed by atoms with Gasteiger partial charge in [0.1, 0.15) is 5.82 Å². The molecular formula is C10H17N3. The van der Waals surface area contributed by atoms with Crippen LogP contribution in [0.2, 0.25) is 0 Å². The molecular weight excluding hydrogens is 162 g/mol. The van der Waals surface area contributed by atoms with Gasteiger partial charge in [-0.25, -0.2) is 4.98 Å². The molecule has 13 heavy (non-hydrogen) atoms. The maximum atomic E-state index is 4.21. The number of hydrogen-bond acceptors (Lipinski definition) is 2. The van der Waals surface area contributed by atoms with Gasteiger partial charge in [-0.15, -0.1) is 0 Å². The molecule has 1 fully saturated rings. The number of aryl methyl sites for hydroxylation is 1. The van der Waals surface area contributed by atoms with E-state index in [0.29, 0.717) is 0 Å². The van der Waals surface area contributed by atoms with Crippen LogP contribution in [0.1, 0.15) is 18.7 Å². The lowest BCUT2D eigenvalue weighted by Gasteiger charge is -2.15. The van der Waals surface area contributed by atoms with Crippen LogP contribution >= 0.6 is 0 Å². The van der Waals surface area contributed by atoms with Gasteiger partial charge in [0.25, 0.3) is 0 Å². The van der Waals surface area contributed by atoms with Gasteiger partial charge in [0, 0.05) is 25.5 Å². The molecule has 1 aromatic heterocycles. The SMILES string of the molecule is Cc1nccn1CCN1CCCC1. The van der Waals surface area contributed by atoms with Crippen LogP contribution in [-0.2, 0) is 6.54 Å². The molecule has 0 amide bonds. The van der Waals surface area contributed by atoms with E-state index in [-0.39, 0.29) is 0 Å². The van der Waals surface area contributed by atoms with Crippen molar-refractivity contribution in [1.29, 1.82) is 0 Å². The molecule has 1 aliphatic heterocycles. The van der Waals surface area contributed by atoms with E-state index < -0.39 is 0 Å². The summed E-state index contributed by atoms with van der Waals surface area (Å²) in [6, 6.07) is 0. The number of aromatic nitrogens is 2. The van der Waals surface area contributed by atoms with Crippen LogP contribution in [0.15, 0.2) is 12.4 Å².